The lowest BCUT2D eigenvalue weighted by Gasteiger charge is -2.24. The molecule has 1 heterocycles. The molecule has 1 fully saturated rings. The van der Waals surface area contributed by atoms with Crippen molar-refractivity contribution < 1.29 is 13.2 Å². The number of nitrogens with one attached hydrogen (secondary N) is 1. The minimum atomic E-state index is -3.70. The van der Waals surface area contributed by atoms with E-state index in [1.165, 1.54) is 16.4 Å². The topological polar surface area (TPSA) is 69.7 Å². The first-order valence-electron chi connectivity index (χ1n) is 8.41. The molecular weight excluding hydrogens is 362 g/mol. The fraction of sp³-hybridized carbons (Fsp3) is 0.588. The number of benzene rings is 1. The van der Waals surface area contributed by atoms with Gasteiger partial charge in [0, 0.05) is 24.7 Å². The van der Waals surface area contributed by atoms with E-state index in [9.17, 15) is 13.2 Å². The van der Waals surface area contributed by atoms with Gasteiger partial charge in [-0.15, -0.1) is 0 Å². The second-order valence-electron chi connectivity index (χ2n) is 6.84. The van der Waals surface area contributed by atoms with Gasteiger partial charge in [0.25, 0.3) is 0 Å². The van der Waals surface area contributed by atoms with Crippen LogP contribution in [0.2, 0.25) is 5.02 Å². The van der Waals surface area contributed by atoms with E-state index in [1.807, 2.05) is 14.1 Å². The molecule has 1 amide bonds. The molecule has 25 heavy (non-hydrogen) atoms. The summed E-state index contributed by atoms with van der Waals surface area (Å²) in [5.41, 5.74) is 0. The Morgan fingerprint density at radius 3 is 2.60 bits per heavy atom. The quantitative estimate of drug-likeness (QED) is 0.774. The highest BCUT2D eigenvalue weighted by Crippen LogP contribution is 2.27. The Morgan fingerprint density at radius 2 is 2.00 bits per heavy atom. The maximum absolute atomic E-state index is 12.8. The lowest BCUT2D eigenvalue weighted by molar-refractivity contribution is -0.124. The molecule has 2 rings (SSSR count). The zero-order valence-electron chi connectivity index (χ0n) is 14.9. The molecule has 1 saturated heterocycles. The van der Waals surface area contributed by atoms with Crippen LogP contribution in [0.15, 0.2) is 29.2 Å². The van der Waals surface area contributed by atoms with Gasteiger partial charge < -0.3 is 10.2 Å². The molecule has 1 aromatic carbocycles. The zero-order chi connectivity index (χ0) is 18.6. The van der Waals surface area contributed by atoms with Gasteiger partial charge in [0.15, 0.2) is 0 Å². The molecule has 8 heteroatoms. The fourth-order valence-corrected chi connectivity index (χ4v) is 4.89. The number of halogens is 1. The number of carbonyl (C=O) groups excluding carboxylic acids is 1. The number of hydrogen-bond acceptors (Lipinski definition) is 4. The van der Waals surface area contributed by atoms with Gasteiger partial charge in [-0.1, -0.05) is 18.5 Å². The van der Waals surface area contributed by atoms with Crippen LogP contribution in [0.1, 0.15) is 19.8 Å². The van der Waals surface area contributed by atoms with Crippen molar-refractivity contribution in [2.24, 2.45) is 5.92 Å². The van der Waals surface area contributed by atoms with Crippen LogP contribution in [0.3, 0.4) is 0 Å². The first-order chi connectivity index (χ1) is 11.7. The number of nitrogens with zero attached hydrogens (tertiary/aromatic N) is 2. The molecule has 1 N–H and O–H groups in total. The summed E-state index contributed by atoms with van der Waals surface area (Å²) in [4.78, 5) is 14.7. The average molecular weight is 388 g/mol. The molecule has 1 aliphatic heterocycles. The van der Waals surface area contributed by atoms with Crippen LogP contribution < -0.4 is 5.32 Å². The Bertz CT molecular complexity index is 692. The normalized spacial score (nSPS) is 20.0. The van der Waals surface area contributed by atoms with Crippen molar-refractivity contribution in [3.05, 3.63) is 29.3 Å². The molecule has 0 bridgehead atoms. The lowest BCUT2D eigenvalue weighted by atomic mass is 10.1. The van der Waals surface area contributed by atoms with Crippen LogP contribution >= 0.6 is 11.6 Å². The van der Waals surface area contributed by atoms with Gasteiger partial charge in [-0.25, -0.2) is 8.42 Å². The summed E-state index contributed by atoms with van der Waals surface area (Å²) in [6.07, 6.45) is 1.22. The van der Waals surface area contributed by atoms with Gasteiger partial charge in [0.05, 0.1) is 4.90 Å². The summed E-state index contributed by atoms with van der Waals surface area (Å²) < 4.78 is 27.0. The first kappa shape index (κ1) is 20.2. The van der Waals surface area contributed by atoms with Gasteiger partial charge in [-0.05, 0) is 57.1 Å². The van der Waals surface area contributed by atoms with E-state index in [0.717, 1.165) is 6.54 Å². The van der Waals surface area contributed by atoms with Gasteiger partial charge in [0.1, 0.15) is 6.04 Å². The van der Waals surface area contributed by atoms with E-state index >= 15 is 0 Å². The van der Waals surface area contributed by atoms with E-state index in [4.69, 9.17) is 11.6 Å². The third-order valence-corrected chi connectivity index (χ3v) is 6.40. The van der Waals surface area contributed by atoms with Gasteiger partial charge in [0.2, 0.25) is 15.9 Å². The maximum Gasteiger partial charge on any atom is 0.243 e. The van der Waals surface area contributed by atoms with Crippen molar-refractivity contribution in [2.45, 2.75) is 30.7 Å². The largest absolute Gasteiger partial charge is 0.354 e. The summed E-state index contributed by atoms with van der Waals surface area (Å²) >= 11 is 5.83. The molecule has 1 aliphatic rings. The SMILES string of the molecule is C[C@H](CNC(=O)[C@H]1CCCN1S(=O)(=O)c1ccc(Cl)cc1)CN(C)C. The Balaban J connectivity index is 2.06. The molecule has 1 aromatic rings. The fourth-order valence-electron chi connectivity index (χ4n) is 3.11. The van der Waals surface area contributed by atoms with Crippen molar-refractivity contribution in [2.75, 3.05) is 33.7 Å². The van der Waals surface area contributed by atoms with E-state index in [-0.39, 0.29) is 10.8 Å². The van der Waals surface area contributed by atoms with Crippen LogP contribution in [0.4, 0.5) is 0 Å². The summed E-state index contributed by atoms with van der Waals surface area (Å²) in [5, 5.41) is 3.38. The number of rotatable bonds is 7. The highest BCUT2D eigenvalue weighted by molar-refractivity contribution is 7.89. The molecular formula is C17H26ClN3O3S. The van der Waals surface area contributed by atoms with E-state index in [2.05, 4.69) is 17.1 Å². The summed E-state index contributed by atoms with van der Waals surface area (Å²) in [7, 11) is 0.262. The zero-order valence-corrected chi connectivity index (χ0v) is 16.5. The summed E-state index contributed by atoms with van der Waals surface area (Å²) in [6.45, 7) is 3.80. The molecule has 0 spiro atoms. The summed E-state index contributed by atoms with van der Waals surface area (Å²) in [5.74, 6) is 0.0716. The molecule has 0 aromatic heterocycles. The third-order valence-electron chi connectivity index (χ3n) is 4.23. The van der Waals surface area contributed by atoms with Crippen LogP contribution in [-0.2, 0) is 14.8 Å². The number of sulfonamides is 1. The molecule has 0 unspecified atom stereocenters. The van der Waals surface area contributed by atoms with Gasteiger partial charge in [-0.2, -0.15) is 4.31 Å². The Hall–Kier alpha value is -1.15. The van der Waals surface area contributed by atoms with Crippen LogP contribution in [0.5, 0.6) is 0 Å². The van der Waals surface area contributed by atoms with Crippen molar-refractivity contribution in [1.29, 1.82) is 0 Å². The minimum Gasteiger partial charge on any atom is -0.354 e. The standard InChI is InChI=1S/C17H26ClN3O3S/c1-13(12-20(2)3)11-19-17(22)16-5-4-10-21(16)25(23,24)15-8-6-14(18)7-9-15/h6-9,13,16H,4-5,10-12H2,1-3H3,(H,19,22)/t13-,16-/m1/s1. The van der Waals surface area contributed by atoms with Crippen molar-refractivity contribution in [1.82, 2.24) is 14.5 Å². The van der Waals surface area contributed by atoms with Gasteiger partial charge in [-0.3, -0.25) is 4.79 Å². The second kappa shape index (κ2) is 8.49. The number of hydrogen-bond donors (Lipinski definition) is 1. The van der Waals surface area contributed by atoms with E-state index in [1.54, 1.807) is 12.1 Å². The molecule has 2 atom stereocenters. The minimum absolute atomic E-state index is 0.164. The van der Waals surface area contributed by atoms with Crippen molar-refractivity contribution >= 4 is 27.5 Å². The highest BCUT2D eigenvalue weighted by atomic mass is 35.5. The highest BCUT2D eigenvalue weighted by Gasteiger charge is 2.39. The third kappa shape index (κ3) is 5.17. The molecule has 0 aliphatic carbocycles. The maximum atomic E-state index is 12.8. The molecule has 0 radical (unpaired) electrons. The first-order valence-corrected chi connectivity index (χ1v) is 10.2. The predicted octanol–water partition coefficient (Wildman–Crippen LogP) is 1.81. The Kier molecular flexibility index (Phi) is 6.85. The Labute approximate surface area is 155 Å². The van der Waals surface area contributed by atoms with Gasteiger partial charge >= 0.3 is 0 Å². The monoisotopic (exact) mass is 387 g/mol. The predicted molar refractivity (Wildman–Crippen MR) is 99.1 cm³/mol. The summed E-state index contributed by atoms with van der Waals surface area (Å²) in [6, 6.07) is 5.39. The number of amides is 1. The van der Waals surface area contributed by atoms with E-state index < -0.39 is 16.1 Å². The van der Waals surface area contributed by atoms with Crippen LogP contribution in [-0.4, -0.2) is 63.3 Å². The van der Waals surface area contributed by atoms with Crippen molar-refractivity contribution in [3.63, 3.8) is 0 Å². The molecule has 0 saturated carbocycles. The Morgan fingerprint density at radius 1 is 1.36 bits per heavy atom. The van der Waals surface area contributed by atoms with Crippen LogP contribution in [0.25, 0.3) is 0 Å². The smallest absolute Gasteiger partial charge is 0.243 e. The number of carbonyl (C=O) groups is 1. The lowest BCUT2D eigenvalue weighted by Crippen LogP contribution is -2.47. The average Bonchev–Trinajstić information content (AvgIpc) is 3.03. The second-order valence-corrected chi connectivity index (χ2v) is 9.17. The van der Waals surface area contributed by atoms with Crippen molar-refractivity contribution in [3.8, 4) is 0 Å². The molecule has 6 nitrogen and oxygen atoms in total. The van der Waals surface area contributed by atoms with E-state index in [0.29, 0.717) is 36.9 Å². The molecule has 140 valence electrons. The van der Waals surface area contributed by atoms with Crippen LogP contribution in [0, 0.1) is 5.92 Å².